The lowest BCUT2D eigenvalue weighted by molar-refractivity contribution is -0.118. The fraction of sp³-hybridized carbons (Fsp3) is 0.350. The van der Waals surface area contributed by atoms with Crippen molar-refractivity contribution in [3.63, 3.8) is 0 Å². The quantitative estimate of drug-likeness (QED) is 0.864. The Kier molecular flexibility index (Phi) is 4.74. The molecule has 24 heavy (non-hydrogen) atoms. The Labute approximate surface area is 143 Å². The molecule has 1 aliphatic heterocycles. The first-order valence-electron chi connectivity index (χ1n) is 8.21. The Balaban J connectivity index is 1.88. The number of carbonyl (C=O) groups excluding carboxylic acids is 1. The average molecular weight is 325 g/mol. The second-order valence-corrected chi connectivity index (χ2v) is 6.30. The first-order chi connectivity index (χ1) is 11.6. The normalized spacial score (nSPS) is 16.5. The molecule has 0 spiro atoms. The number of amides is 1. The van der Waals surface area contributed by atoms with Crippen LogP contribution in [0.3, 0.4) is 0 Å². The molecule has 4 nitrogen and oxygen atoms in total. The van der Waals surface area contributed by atoms with Gasteiger partial charge in [0.1, 0.15) is 11.5 Å². The lowest BCUT2D eigenvalue weighted by Crippen LogP contribution is -2.40. The summed E-state index contributed by atoms with van der Waals surface area (Å²) >= 11 is 0. The molecular formula is C20H23NO3. The van der Waals surface area contributed by atoms with Crippen LogP contribution in [0.15, 0.2) is 42.5 Å². The predicted molar refractivity (Wildman–Crippen MR) is 94.9 cm³/mol. The molecule has 0 fully saturated rings. The maximum Gasteiger partial charge on any atom is 0.231 e. The van der Waals surface area contributed by atoms with Crippen molar-refractivity contribution in [2.75, 3.05) is 25.7 Å². The summed E-state index contributed by atoms with van der Waals surface area (Å²) in [7, 11) is 3.30. The highest BCUT2D eigenvalue weighted by atomic mass is 16.5. The van der Waals surface area contributed by atoms with Crippen LogP contribution in [0.4, 0.5) is 5.69 Å². The molecule has 0 saturated carbocycles. The Morgan fingerprint density at radius 1 is 1.17 bits per heavy atom. The van der Waals surface area contributed by atoms with Gasteiger partial charge in [-0.15, -0.1) is 0 Å². The number of rotatable bonds is 4. The zero-order valence-electron chi connectivity index (χ0n) is 14.4. The smallest absolute Gasteiger partial charge is 0.231 e. The molecule has 1 amide bonds. The number of benzene rings is 2. The van der Waals surface area contributed by atoms with Crippen molar-refractivity contribution in [1.29, 1.82) is 0 Å². The van der Waals surface area contributed by atoms with Crippen molar-refractivity contribution in [3.05, 3.63) is 53.6 Å². The zero-order chi connectivity index (χ0) is 17.1. The van der Waals surface area contributed by atoms with E-state index in [4.69, 9.17) is 9.47 Å². The van der Waals surface area contributed by atoms with Gasteiger partial charge in [-0.2, -0.15) is 0 Å². The van der Waals surface area contributed by atoms with E-state index >= 15 is 0 Å². The van der Waals surface area contributed by atoms with Gasteiger partial charge in [0.2, 0.25) is 5.91 Å². The molecule has 4 heteroatoms. The van der Waals surface area contributed by atoms with Crippen molar-refractivity contribution in [2.45, 2.75) is 19.8 Å². The van der Waals surface area contributed by atoms with Crippen LogP contribution in [0, 0.1) is 5.92 Å². The van der Waals surface area contributed by atoms with Crippen molar-refractivity contribution in [3.8, 4) is 11.5 Å². The fourth-order valence-corrected chi connectivity index (χ4v) is 3.31. The summed E-state index contributed by atoms with van der Waals surface area (Å²) in [5.74, 6) is 2.11. The molecule has 0 bridgehead atoms. The Morgan fingerprint density at radius 2 is 1.96 bits per heavy atom. The van der Waals surface area contributed by atoms with E-state index in [9.17, 15) is 4.79 Å². The molecule has 0 N–H and O–H groups in total. The third-order valence-electron chi connectivity index (χ3n) is 4.48. The minimum absolute atomic E-state index is 0.0949. The molecular weight excluding hydrogens is 302 g/mol. The topological polar surface area (TPSA) is 38.8 Å². The van der Waals surface area contributed by atoms with E-state index in [1.165, 1.54) is 5.56 Å². The maximum absolute atomic E-state index is 12.9. The molecule has 126 valence electrons. The van der Waals surface area contributed by atoms with Gasteiger partial charge >= 0.3 is 0 Å². The van der Waals surface area contributed by atoms with E-state index < -0.39 is 0 Å². The minimum Gasteiger partial charge on any atom is -0.497 e. The summed E-state index contributed by atoms with van der Waals surface area (Å²) in [4.78, 5) is 14.8. The summed E-state index contributed by atoms with van der Waals surface area (Å²) in [5.41, 5.74) is 3.08. The van der Waals surface area contributed by atoms with Gasteiger partial charge in [-0.3, -0.25) is 4.79 Å². The molecule has 0 radical (unpaired) electrons. The van der Waals surface area contributed by atoms with Crippen molar-refractivity contribution >= 4 is 11.6 Å². The largest absolute Gasteiger partial charge is 0.497 e. The fourth-order valence-electron chi connectivity index (χ4n) is 3.31. The number of methoxy groups -OCH3 is 2. The van der Waals surface area contributed by atoms with Gasteiger partial charge in [0.05, 0.1) is 20.6 Å². The third-order valence-corrected chi connectivity index (χ3v) is 4.48. The van der Waals surface area contributed by atoms with Crippen molar-refractivity contribution < 1.29 is 14.3 Å². The van der Waals surface area contributed by atoms with Gasteiger partial charge in [-0.25, -0.2) is 0 Å². The summed E-state index contributed by atoms with van der Waals surface area (Å²) in [6.45, 7) is 2.92. The molecule has 1 heterocycles. The van der Waals surface area contributed by atoms with Crippen LogP contribution in [0.5, 0.6) is 11.5 Å². The molecule has 1 atom stereocenters. The van der Waals surface area contributed by atoms with Crippen LogP contribution < -0.4 is 14.4 Å². The average Bonchev–Trinajstić information content (AvgIpc) is 2.60. The van der Waals surface area contributed by atoms with Gasteiger partial charge in [0, 0.05) is 17.8 Å². The van der Waals surface area contributed by atoms with Crippen LogP contribution in [-0.4, -0.2) is 26.7 Å². The number of ether oxygens (including phenoxy) is 2. The summed E-state index contributed by atoms with van der Waals surface area (Å²) in [6, 6.07) is 13.6. The number of para-hydroxylation sites is 1. The highest BCUT2D eigenvalue weighted by Gasteiger charge is 2.27. The van der Waals surface area contributed by atoms with Gasteiger partial charge in [-0.1, -0.05) is 25.1 Å². The number of carbonyl (C=O) groups is 1. The number of fused-ring (bicyclic) bond motifs is 1. The zero-order valence-corrected chi connectivity index (χ0v) is 14.4. The first kappa shape index (κ1) is 16.4. The molecule has 2 aromatic rings. The van der Waals surface area contributed by atoms with E-state index in [1.807, 2.05) is 47.4 Å². The van der Waals surface area contributed by atoms with Crippen LogP contribution in [-0.2, 0) is 17.6 Å². The predicted octanol–water partition coefficient (Wildman–Crippen LogP) is 3.47. The van der Waals surface area contributed by atoms with Gasteiger partial charge in [-0.05, 0) is 42.2 Å². The standard InChI is InChI=1S/C20H23NO3/c1-14-10-16-11-17(23-2)8-9-18(16)21(13-14)20(22)12-15-6-4-5-7-19(15)24-3/h4-9,11,14H,10,12-13H2,1-3H3. The summed E-state index contributed by atoms with van der Waals surface area (Å²) in [5, 5.41) is 0. The number of anilines is 1. The Morgan fingerprint density at radius 3 is 2.71 bits per heavy atom. The van der Waals surface area contributed by atoms with E-state index in [0.29, 0.717) is 12.3 Å². The van der Waals surface area contributed by atoms with E-state index in [0.717, 1.165) is 35.7 Å². The summed E-state index contributed by atoms with van der Waals surface area (Å²) in [6.07, 6.45) is 1.30. The second-order valence-electron chi connectivity index (χ2n) is 6.30. The van der Waals surface area contributed by atoms with Crippen LogP contribution >= 0.6 is 0 Å². The maximum atomic E-state index is 12.9. The molecule has 0 aromatic heterocycles. The van der Waals surface area contributed by atoms with Crippen LogP contribution in [0.2, 0.25) is 0 Å². The molecule has 0 saturated heterocycles. The monoisotopic (exact) mass is 325 g/mol. The minimum atomic E-state index is 0.0949. The van der Waals surface area contributed by atoms with Gasteiger partial charge < -0.3 is 14.4 Å². The van der Waals surface area contributed by atoms with E-state index in [1.54, 1.807) is 14.2 Å². The van der Waals surface area contributed by atoms with Crippen LogP contribution in [0.1, 0.15) is 18.1 Å². The lowest BCUT2D eigenvalue weighted by Gasteiger charge is -2.33. The van der Waals surface area contributed by atoms with E-state index in [-0.39, 0.29) is 5.91 Å². The molecule has 0 aliphatic carbocycles. The molecule has 3 rings (SSSR count). The van der Waals surface area contributed by atoms with Crippen molar-refractivity contribution in [2.24, 2.45) is 5.92 Å². The second kappa shape index (κ2) is 6.95. The first-order valence-corrected chi connectivity index (χ1v) is 8.21. The molecule has 1 aliphatic rings. The Bertz CT molecular complexity index is 741. The highest BCUT2D eigenvalue weighted by molar-refractivity contribution is 5.96. The van der Waals surface area contributed by atoms with E-state index in [2.05, 4.69) is 6.92 Å². The number of hydrogen-bond acceptors (Lipinski definition) is 3. The number of nitrogens with zero attached hydrogens (tertiary/aromatic N) is 1. The molecule has 1 unspecified atom stereocenters. The highest BCUT2D eigenvalue weighted by Crippen LogP contribution is 2.33. The number of hydrogen-bond donors (Lipinski definition) is 0. The van der Waals surface area contributed by atoms with Gasteiger partial charge in [0.25, 0.3) is 0 Å². The SMILES string of the molecule is COc1ccc2c(c1)CC(C)CN2C(=O)Cc1ccccc1OC. The molecule has 2 aromatic carbocycles. The lowest BCUT2D eigenvalue weighted by atomic mass is 9.93. The summed E-state index contributed by atoms with van der Waals surface area (Å²) < 4.78 is 10.7. The van der Waals surface area contributed by atoms with Gasteiger partial charge in [0.15, 0.2) is 0 Å². The van der Waals surface area contributed by atoms with Crippen molar-refractivity contribution in [1.82, 2.24) is 0 Å². The third kappa shape index (κ3) is 3.23. The Hall–Kier alpha value is -2.49. The van der Waals surface area contributed by atoms with Crippen LogP contribution in [0.25, 0.3) is 0 Å².